The predicted molar refractivity (Wildman–Crippen MR) is 82.9 cm³/mol. The van der Waals surface area contributed by atoms with E-state index in [-0.39, 0.29) is 6.42 Å². The van der Waals surface area contributed by atoms with Gasteiger partial charge < -0.3 is 9.84 Å². The van der Waals surface area contributed by atoms with E-state index < -0.39 is 5.97 Å². The maximum absolute atomic E-state index is 10.8. The Kier molecular flexibility index (Phi) is 3.58. The lowest BCUT2D eigenvalue weighted by atomic mass is 10.0. The number of carboxylic acids is 1. The maximum Gasteiger partial charge on any atom is 0.309 e. The van der Waals surface area contributed by atoms with E-state index in [1.165, 1.54) is 11.3 Å². The Morgan fingerprint density at radius 3 is 2.71 bits per heavy atom. The largest absolute Gasteiger partial charge is 0.496 e. The number of aromatic nitrogens is 1. The minimum absolute atomic E-state index is 0.0510. The fraction of sp³-hybridized carbons (Fsp3) is 0.125. The molecule has 0 saturated heterocycles. The van der Waals surface area contributed by atoms with Gasteiger partial charge in [-0.05, 0) is 17.5 Å². The molecule has 0 bridgehead atoms. The summed E-state index contributed by atoms with van der Waals surface area (Å²) in [5.74, 6) is -0.0527. The molecule has 106 valence electrons. The Morgan fingerprint density at radius 2 is 2.00 bits per heavy atom. The van der Waals surface area contributed by atoms with Crippen LogP contribution in [0.5, 0.6) is 5.75 Å². The first-order valence-electron chi connectivity index (χ1n) is 6.41. The van der Waals surface area contributed by atoms with E-state index in [1.54, 1.807) is 12.5 Å². The third-order valence-electron chi connectivity index (χ3n) is 3.22. The highest BCUT2D eigenvalue weighted by molar-refractivity contribution is 7.13. The van der Waals surface area contributed by atoms with E-state index in [9.17, 15) is 4.79 Å². The van der Waals surface area contributed by atoms with E-state index in [4.69, 9.17) is 9.84 Å². The Morgan fingerprint density at radius 1 is 1.24 bits per heavy atom. The second kappa shape index (κ2) is 5.54. The number of carboxylic acid groups (broad SMARTS) is 1. The number of aliphatic carboxylic acids is 1. The van der Waals surface area contributed by atoms with Gasteiger partial charge in [0.15, 0.2) is 0 Å². The van der Waals surface area contributed by atoms with E-state index >= 15 is 0 Å². The van der Waals surface area contributed by atoms with Crippen LogP contribution in [0.15, 0.2) is 41.8 Å². The van der Waals surface area contributed by atoms with Crippen molar-refractivity contribution < 1.29 is 14.6 Å². The summed E-state index contributed by atoms with van der Waals surface area (Å²) in [6, 6.07) is 11.8. The van der Waals surface area contributed by atoms with Crippen LogP contribution in [-0.4, -0.2) is 23.2 Å². The SMILES string of the molecule is COc1ccc(-c2nc(CC(=O)O)cs2)c2ccccc12. The monoisotopic (exact) mass is 299 g/mol. The second-order valence-electron chi connectivity index (χ2n) is 4.58. The van der Waals surface area contributed by atoms with E-state index in [2.05, 4.69) is 4.98 Å². The lowest BCUT2D eigenvalue weighted by molar-refractivity contribution is -0.136. The zero-order valence-electron chi connectivity index (χ0n) is 11.4. The lowest BCUT2D eigenvalue weighted by Gasteiger charge is -2.08. The zero-order valence-corrected chi connectivity index (χ0v) is 12.2. The first-order valence-corrected chi connectivity index (χ1v) is 7.29. The second-order valence-corrected chi connectivity index (χ2v) is 5.43. The van der Waals surface area contributed by atoms with Gasteiger partial charge in [0.1, 0.15) is 10.8 Å². The van der Waals surface area contributed by atoms with Crippen LogP contribution in [0.2, 0.25) is 0 Å². The fourth-order valence-corrected chi connectivity index (χ4v) is 3.16. The summed E-state index contributed by atoms with van der Waals surface area (Å²) in [5.41, 5.74) is 1.58. The molecular formula is C16H13NO3S. The van der Waals surface area contributed by atoms with Crippen LogP contribution < -0.4 is 4.74 Å². The minimum Gasteiger partial charge on any atom is -0.496 e. The van der Waals surface area contributed by atoms with Gasteiger partial charge in [0.05, 0.1) is 19.2 Å². The number of methoxy groups -OCH3 is 1. The lowest BCUT2D eigenvalue weighted by Crippen LogP contribution is -1.99. The van der Waals surface area contributed by atoms with Crippen LogP contribution in [0.4, 0.5) is 0 Å². The van der Waals surface area contributed by atoms with Gasteiger partial charge in [-0.15, -0.1) is 11.3 Å². The van der Waals surface area contributed by atoms with Crippen molar-refractivity contribution in [3.63, 3.8) is 0 Å². The number of hydrogen-bond acceptors (Lipinski definition) is 4. The zero-order chi connectivity index (χ0) is 14.8. The molecule has 0 unspecified atom stereocenters. The summed E-state index contributed by atoms with van der Waals surface area (Å²) in [5, 5.41) is 13.5. The van der Waals surface area contributed by atoms with Gasteiger partial charge in [-0.25, -0.2) is 4.98 Å². The summed E-state index contributed by atoms with van der Waals surface area (Å²) < 4.78 is 5.38. The van der Waals surface area contributed by atoms with Gasteiger partial charge >= 0.3 is 5.97 Å². The van der Waals surface area contributed by atoms with Crippen molar-refractivity contribution >= 4 is 28.1 Å². The molecule has 0 aliphatic heterocycles. The molecular weight excluding hydrogens is 286 g/mol. The van der Waals surface area contributed by atoms with Crippen LogP contribution in [0.3, 0.4) is 0 Å². The summed E-state index contributed by atoms with van der Waals surface area (Å²) in [4.78, 5) is 15.2. The van der Waals surface area contributed by atoms with Crippen molar-refractivity contribution in [2.45, 2.75) is 6.42 Å². The van der Waals surface area contributed by atoms with Crippen molar-refractivity contribution in [2.24, 2.45) is 0 Å². The van der Waals surface area contributed by atoms with Crippen LogP contribution in [-0.2, 0) is 11.2 Å². The topological polar surface area (TPSA) is 59.4 Å². The number of thiazole rings is 1. The number of fused-ring (bicyclic) bond motifs is 1. The first kappa shape index (κ1) is 13.6. The molecule has 0 fully saturated rings. The third-order valence-corrected chi connectivity index (χ3v) is 4.14. The molecule has 0 aliphatic rings. The molecule has 1 aromatic heterocycles. The number of benzene rings is 2. The van der Waals surface area contributed by atoms with Gasteiger partial charge in [-0.2, -0.15) is 0 Å². The normalized spacial score (nSPS) is 10.7. The van der Waals surface area contributed by atoms with Crippen molar-refractivity contribution in [3.8, 4) is 16.3 Å². The van der Waals surface area contributed by atoms with Gasteiger partial charge in [0, 0.05) is 16.3 Å². The summed E-state index contributed by atoms with van der Waals surface area (Å²) in [6.45, 7) is 0. The molecule has 4 nitrogen and oxygen atoms in total. The molecule has 0 amide bonds. The molecule has 1 N–H and O–H groups in total. The van der Waals surface area contributed by atoms with Crippen molar-refractivity contribution in [3.05, 3.63) is 47.5 Å². The van der Waals surface area contributed by atoms with Crippen molar-refractivity contribution in [2.75, 3.05) is 7.11 Å². The van der Waals surface area contributed by atoms with E-state index in [0.29, 0.717) is 5.69 Å². The number of rotatable bonds is 4. The molecule has 0 aliphatic carbocycles. The number of ether oxygens (including phenoxy) is 1. The molecule has 21 heavy (non-hydrogen) atoms. The molecule has 0 spiro atoms. The molecule has 0 saturated carbocycles. The summed E-state index contributed by atoms with van der Waals surface area (Å²) in [7, 11) is 1.65. The number of hydrogen-bond donors (Lipinski definition) is 1. The average Bonchev–Trinajstić information content (AvgIpc) is 2.93. The molecule has 5 heteroatoms. The van der Waals surface area contributed by atoms with Crippen LogP contribution in [0.25, 0.3) is 21.3 Å². The van der Waals surface area contributed by atoms with Gasteiger partial charge in [-0.3, -0.25) is 4.79 Å². The Hall–Kier alpha value is -2.40. The summed E-state index contributed by atoms with van der Waals surface area (Å²) in [6.07, 6.45) is -0.0510. The van der Waals surface area contributed by atoms with E-state index in [0.717, 1.165) is 27.1 Å². The standard InChI is InChI=1S/C16H13NO3S/c1-20-14-7-6-13(11-4-2-3-5-12(11)14)16-17-10(9-21-16)8-15(18)19/h2-7,9H,8H2,1H3,(H,18,19). The van der Waals surface area contributed by atoms with Crippen LogP contribution in [0.1, 0.15) is 5.69 Å². The van der Waals surface area contributed by atoms with Gasteiger partial charge in [0.2, 0.25) is 0 Å². The predicted octanol–water partition coefficient (Wildman–Crippen LogP) is 3.60. The Bertz CT molecular complexity index is 810. The highest BCUT2D eigenvalue weighted by Crippen LogP contribution is 2.35. The Labute approximate surface area is 125 Å². The highest BCUT2D eigenvalue weighted by atomic mass is 32.1. The molecule has 3 aromatic rings. The summed E-state index contributed by atoms with van der Waals surface area (Å²) >= 11 is 1.46. The van der Waals surface area contributed by atoms with Gasteiger partial charge in [0.25, 0.3) is 0 Å². The highest BCUT2D eigenvalue weighted by Gasteiger charge is 2.12. The average molecular weight is 299 g/mol. The first-order chi connectivity index (χ1) is 10.2. The molecule has 0 radical (unpaired) electrons. The molecule has 2 aromatic carbocycles. The van der Waals surface area contributed by atoms with Crippen LogP contribution >= 0.6 is 11.3 Å². The Balaban J connectivity index is 2.12. The molecule has 0 atom stereocenters. The number of nitrogens with zero attached hydrogens (tertiary/aromatic N) is 1. The van der Waals surface area contributed by atoms with Crippen molar-refractivity contribution in [1.82, 2.24) is 4.98 Å². The molecule has 3 rings (SSSR count). The molecule has 1 heterocycles. The smallest absolute Gasteiger partial charge is 0.309 e. The quantitative estimate of drug-likeness (QED) is 0.799. The minimum atomic E-state index is -0.869. The third kappa shape index (κ3) is 2.60. The fourth-order valence-electron chi connectivity index (χ4n) is 2.30. The van der Waals surface area contributed by atoms with Crippen molar-refractivity contribution in [1.29, 1.82) is 0 Å². The number of carbonyl (C=O) groups is 1. The maximum atomic E-state index is 10.8. The van der Waals surface area contributed by atoms with E-state index in [1.807, 2.05) is 36.4 Å². The van der Waals surface area contributed by atoms with Crippen LogP contribution in [0, 0.1) is 0 Å². The van der Waals surface area contributed by atoms with Gasteiger partial charge in [-0.1, -0.05) is 24.3 Å².